The number of carbonyl (C=O) groups excluding carboxylic acids is 2. The molecule has 2 aromatic rings. The molecular formula is C25H27F3N2O5. The van der Waals surface area contributed by atoms with Gasteiger partial charge in [-0.15, -0.1) is 0 Å². The second-order valence-electron chi connectivity index (χ2n) is 8.35. The Morgan fingerprint density at radius 2 is 1.54 bits per heavy atom. The fourth-order valence-corrected chi connectivity index (χ4v) is 4.20. The van der Waals surface area contributed by atoms with E-state index >= 15 is 0 Å². The van der Waals surface area contributed by atoms with E-state index in [0.29, 0.717) is 6.42 Å². The first-order chi connectivity index (χ1) is 16.6. The third kappa shape index (κ3) is 6.52. The number of amides is 2. The van der Waals surface area contributed by atoms with Crippen LogP contribution in [0.4, 0.5) is 18.0 Å². The number of ether oxygens (including phenoxy) is 1. The normalized spacial score (nSPS) is 14.4. The first kappa shape index (κ1) is 26.1. The summed E-state index contributed by atoms with van der Waals surface area (Å²) in [5.41, 5.74) is 4.08. The van der Waals surface area contributed by atoms with Crippen LogP contribution in [0.5, 0.6) is 0 Å². The molecule has 2 aromatic carbocycles. The molecule has 0 unspecified atom stereocenters. The van der Waals surface area contributed by atoms with E-state index in [1.165, 1.54) is 0 Å². The maximum Gasteiger partial charge on any atom is 0.408 e. The highest BCUT2D eigenvalue weighted by molar-refractivity contribution is 5.86. The van der Waals surface area contributed by atoms with Crippen molar-refractivity contribution in [3.05, 3.63) is 59.7 Å². The number of halogens is 3. The minimum atomic E-state index is -4.83. The number of hydrogen-bond acceptors (Lipinski definition) is 4. The Balaban J connectivity index is 1.64. The van der Waals surface area contributed by atoms with Gasteiger partial charge in [-0.1, -0.05) is 61.9 Å². The summed E-state index contributed by atoms with van der Waals surface area (Å²) in [6.45, 7) is 1.70. The van der Waals surface area contributed by atoms with E-state index in [1.54, 1.807) is 6.92 Å². The number of fused-ring (bicyclic) bond motifs is 3. The Hall–Kier alpha value is -3.56. The molecule has 1 aliphatic carbocycles. The van der Waals surface area contributed by atoms with Crippen LogP contribution in [0.25, 0.3) is 11.1 Å². The summed E-state index contributed by atoms with van der Waals surface area (Å²) in [4.78, 5) is 35.7. The maximum absolute atomic E-state index is 13.3. The van der Waals surface area contributed by atoms with Crippen molar-refractivity contribution in [2.75, 3.05) is 6.61 Å². The van der Waals surface area contributed by atoms with Crippen LogP contribution < -0.4 is 10.6 Å². The Morgan fingerprint density at radius 1 is 0.971 bits per heavy atom. The van der Waals surface area contributed by atoms with Crippen molar-refractivity contribution in [1.29, 1.82) is 0 Å². The molecule has 0 radical (unpaired) electrons. The van der Waals surface area contributed by atoms with Gasteiger partial charge >= 0.3 is 18.2 Å². The molecule has 10 heteroatoms. The molecule has 0 spiro atoms. The topological polar surface area (TPSA) is 105 Å². The molecular weight excluding hydrogens is 465 g/mol. The Morgan fingerprint density at radius 3 is 2.06 bits per heavy atom. The number of nitrogens with one attached hydrogen (secondary N) is 2. The molecule has 3 N–H and O–H groups in total. The first-order valence-electron chi connectivity index (χ1n) is 11.3. The first-order valence-corrected chi connectivity index (χ1v) is 11.3. The zero-order chi connectivity index (χ0) is 25.6. The van der Waals surface area contributed by atoms with Crippen LogP contribution in [0.1, 0.15) is 49.7 Å². The summed E-state index contributed by atoms with van der Waals surface area (Å²) in [7, 11) is 0. The second-order valence-corrected chi connectivity index (χ2v) is 8.35. The second kappa shape index (κ2) is 11.2. The summed E-state index contributed by atoms with van der Waals surface area (Å²) >= 11 is 0. The van der Waals surface area contributed by atoms with Gasteiger partial charge in [-0.2, -0.15) is 13.2 Å². The van der Waals surface area contributed by atoms with E-state index in [2.05, 4.69) is 5.32 Å². The van der Waals surface area contributed by atoms with Crippen LogP contribution >= 0.6 is 0 Å². The fraction of sp³-hybridized carbons (Fsp3) is 0.400. The van der Waals surface area contributed by atoms with Crippen molar-refractivity contribution in [1.82, 2.24) is 10.6 Å². The molecule has 7 nitrogen and oxygen atoms in total. The van der Waals surface area contributed by atoms with Crippen molar-refractivity contribution in [3.63, 3.8) is 0 Å². The molecule has 2 atom stereocenters. The molecule has 0 saturated carbocycles. The van der Waals surface area contributed by atoms with Crippen LogP contribution in [-0.4, -0.2) is 47.9 Å². The molecule has 0 heterocycles. The van der Waals surface area contributed by atoms with Crippen molar-refractivity contribution in [2.24, 2.45) is 0 Å². The number of alkyl carbamates (subject to hydrolysis) is 1. The maximum atomic E-state index is 13.3. The minimum Gasteiger partial charge on any atom is -0.481 e. The lowest BCUT2D eigenvalue weighted by molar-refractivity contribution is -0.165. The lowest BCUT2D eigenvalue weighted by Gasteiger charge is -2.25. The number of alkyl halides is 3. The van der Waals surface area contributed by atoms with Gasteiger partial charge in [0.1, 0.15) is 18.7 Å². The SMILES string of the molecule is CCC[C@H](NC(=O)OCC1c2ccccc2-c2ccccc21)C(=O)N[C@@H](CCC(=O)O)C(F)(F)F. The molecule has 1 aliphatic rings. The van der Waals surface area contributed by atoms with Gasteiger partial charge in [0.25, 0.3) is 0 Å². The summed E-state index contributed by atoms with van der Waals surface area (Å²) in [5.74, 6) is -2.67. The molecule has 3 rings (SSSR count). The lowest BCUT2D eigenvalue weighted by atomic mass is 9.98. The molecule has 2 amide bonds. The molecule has 188 valence electrons. The van der Waals surface area contributed by atoms with E-state index < -0.39 is 49.1 Å². The zero-order valence-corrected chi connectivity index (χ0v) is 19.1. The summed E-state index contributed by atoms with van der Waals surface area (Å²) in [6, 6.07) is 11.9. The predicted molar refractivity (Wildman–Crippen MR) is 122 cm³/mol. The monoisotopic (exact) mass is 492 g/mol. The quantitative estimate of drug-likeness (QED) is 0.450. The van der Waals surface area contributed by atoms with Crippen molar-refractivity contribution in [2.45, 2.75) is 56.8 Å². The van der Waals surface area contributed by atoms with E-state index in [0.717, 1.165) is 22.3 Å². The molecule has 0 aromatic heterocycles. The lowest BCUT2D eigenvalue weighted by Crippen LogP contribution is -2.53. The van der Waals surface area contributed by atoms with Gasteiger partial charge in [-0.3, -0.25) is 9.59 Å². The predicted octanol–water partition coefficient (Wildman–Crippen LogP) is 4.61. The van der Waals surface area contributed by atoms with Crippen LogP contribution in [0.2, 0.25) is 0 Å². The summed E-state index contributed by atoms with van der Waals surface area (Å²) < 4.78 is 45.2. The van der Waals surface area contributed by atoms with Gasteiger partial charge in [0.05, 0.1) is 0 Å². The smallest absolute Gasteiger partial charge is 0.408 e. The van der Waals surface area contributed by atoms with Crippen molar-refractivity contribution >= 4 is 18.0 Å². The number of carbonyl (C=O) groups is 3. The standard InChI is InChI=1S/C25H27F3N2O5/c1-2-7-20(23(33)30-21(25(26,27)28)12-13-22(31)32)29-24(34)35-14-19-17-10-5-3-8-15(17)16-9-4-6-11-18(16)19/h3-6,8-11,19-21H,2,7,12-14H2,1H3,(H,29,34)(H,30,33)(H,31,32)/t20-,21-/m0/s1. The highest BCUT2D eigenvalue weighted by atomic mass is 19.4. The van der Waals surface area contributed by atoms with Gasteiger partial charge in [-0.25, -0.2) is 4.79 Å². The number of carboxylic acid groups (broad SMARTS) is 1. The van der Waals surface area contributed by atoms with Crippen molar-refractivity contribution < 1.29 is 37.4 Å². The summed E-state index contributed by atoms with van der Waals surface area (Å²) in [6.07, 6.45) is -6.83. The van der Waals surface area contributed by atoms with Gasteiger partial charge in [-0.05, 0) is 35.1 Å². The zero-order valence-electron chi connectivity index (χ0n) is 19.1. The third-order valence-electron chi connectivity index (χ3n) is 5.89. The number of rotatable bonds is 10. The summed E-state index contributed by atoms with van der Waals surface area (Å²) in [5, 5.41) is 12.9. The van der Waals surface area contributed by atoms with E-state index in [4.69, 9.17) is 9.84 Å². The third-order valence-corrected chi connectivity index (χ3v) is 5.89. The molecule has 0 fully saturated rings. The highest BCUT2D eigenvalue weighted by Gasteiger charge is 2.41. The van der Waals surface area contributed by atoms with Gasteiger partial charge < -0.3 is 20.5 Å². The van der Waals surface area contributed by atoms with E-state index in [9.17, 15) is 27.6 Å². The Bertz CT molecular complexity index is 1030. The average Bonchev–Trinajstić information content (AvgIpc) is 3.13. The number of benzene rings is 2. The highest BCUT2D eigenvalue weighted by Crippen LogP contribution is 2.44. The van der Waals surface area contributed by atoms with E-state index in [-0.39, 0.29) is 18.9 Å². The number of hydrogen-bond donors (Lipinski definition) is 3. The Kier molecular flexibility index (Phi) is 8.37. The van der Waals surface area contributed by atoms with Crippen LogP contribution in [0.15, 0.2) is 48.5 Å². The minimum absolute atomic E-state index is 0.00981. The van der Waals surface area contributed by atoms with E-state index in [1.807, 2.05) is 53.8 Å². The Labute approximate surface area is 200 Å². The van der Waals surface area contributed by atoms with Gasteiger partial charge in [0.15, 0.2) is 0 Å². The largest absolute Gasteiger partial charge is 0.481 e. The average molecular weight is 492 g/mol. The molecule has 35 heavy (non-hydrogen) atoms. The molecule has 0 aliphatic heterocycles. The molecule has 0 saturated heterocycles. The number of carboxylic acids is 1. The van der Waals surface area contributed by atoms with Crippen LogP contribution in [-0.2, 0) is 14.3 Å². The van der Waals surface area contributed by atoms with Crippen LogP contribution in [0, 0.1) is 0 Å². The fourth-order valence-electron chi connectivity index (χ4n) is 4.20. The van der Waals surface area contributed by atoms with Crippen molar-refractivity contribution in [3.8, 4) is 11.1 Å². The van der Waals surface area contributed by atoms with Gasteiger partial charge in [0, 0.05) is 12.3 Å². The molecule has 0 bridgehead atoms. The van der Waals surface area contributed by atoms with Crippen LogP contribution in [0.3, 0.4) is 0 Å². The van der Waals surface area contributed by atoms with Gasteiger partial charge in [0.2, 0.25) is 5.91 Å². The number of aliphatic carboxylic acids is 1.